The van der Waals surface area contributed by atoms with Crippen molar-refractivity contribution in [1.29, 1.82) is 0 Å². The van der Waals surface area contributed by atoms with Gasteiger partial charge in [-0.3, -0.25) is 0 Å². The number of fused-ring (bicyclic) bond motifs is 1. The van der Waals surface area contributed by atoms with E-state index in [1.165, 1.54) is 12.8 Å². The van der Waals surface area contributed by atoms with E-state index in [1.807, 2.05) is 6.07 Å². The van der Waals surface area contributed by atoms with Crippen LogP contribution in [0.15, 0.2) is 27.6 Å². The van der Waals surface area contributed by atoms with Crippen molar-refractivity contribution in [2.45, 2.75) is 24.3 Å². The lowest BCUT2D eigenvalue weighted by molar-refractivity contribution is 0.408. The molecular formula is C11H12BrNO2S. The fraction of sp³-hybridized carbons (Fsp3) is 0.455. The number of benzene rings is 1. The number of hydrogen-bond acceptors (Lipinski definition) is 2. The Balaban J connectivity index is 1.99. The van der Waals surface area contributed by atoms with Crippen LogP contribution in [0, 0.1) is 5.92 Å². The summed E-state index contributed by atoms with van der Waals surface area (Å²) in [6, 6.07) is 5.39. The standard InChI is InChI=1S/C11H12BrNO2S/c12-10-3-4-11-9(5-10)7-13(16(11,14)15)6-8-1-2-8/h3-5,8H,1-2,6-7H2. The summed E-state index contributed by atoms with van der Waals surface area (Å²) in [5, 5.41) is 0. The molecule has 2 aliphatic rings. The Morgan fingerprint density at radius 2 is 2.12 bits per heavy atom. The first-order valence-electron chi connectivity index (χ1n) is 5.36. The third-order valence-electron chi connectivity index (χ3n) is 3.15. The van der Waals surface area contributed by atoms with E-state index >= 15 is 0 Å². The topological polar surface area (TPSA) is 37.4 Å². The molecule has 16 heavy (non-hydrogen) atoms. The van der Waals surface area contributed by atoms with E-state index in [0.29, 0.717) is 23.9 Å². The molecule has 0 radical (unpaired) electrons. The number of nitrogens with zero attached hydrogens (tertiary/aromatic N) is 1. The van der Waals surface area contributed by atoms with Crippen LogP contribution in [-0.4, -0.2) is 19.3 Å². The average molecular weight is 302 g/mol. The van der Waals surface area contributed by atoms with Gasteiger partial charge in [0.2, 0.25) is 10.0 Å². The van der Waals surface area contributed by atoms with Gasteiger partial charge in [0, 0.05) is 17.6 Å². The van der Waals surface area contributed by atoms with Crippen molar-refractivity contribution in [3.8, 4) is 0 Å². The third-order valence-corrected chi connectivity index (χ3v) is 5.55. The van der Waals surface area contributed by atoms with Crippen molar-refractivity contribution in [3.05, 3.63) is 28.2 Å². The summed E-state index contributed by atoms with van der Waals surface area (Å²) in [5.74, 6) is 0.590. The van der Waals surface area contributed by atoms with E-state index in [-0.39, 0.29) is 0 Å². The molecule has 0 atom stereocenters. The molecule has 1 aliphatic carbocycles. The number of halogens is 1. The molecule has 1 aromatic rings. The molecule has 3 nitrogen and oxygen atoms in total. The molecule has 0 amide bonds. The number of rotatable bonds is 2. The summed E-state index contributed by atoms with van der Waals surface area (Å²) in [4.78, 5) is 0.483. The molecule has 0 bridgehead atoms. The SMILES string of the molecule is O=S1(=O)c2ccc(Br)cc2CN1CC1CC1. The van der Waals surface area contributed by atoms with Crippen molar-refractivity contribution in [2.75, 3.05) is 6.54 Å². The van der Waals surface area contributed by atoms with Gasteiger partial charge in [0.1, 0.15) is 0 Å². The number of sulfonamides is 1. The van der Waals surface area contributed by atoms with Crippen molar-refractivity contribution in [1.82, 2.24) is 4.31 Å². The van der Waals surface area contributed by atoms with Crippen molar-refractivity contribution < 1.29 is 8.42 Å². The Hall–Kier alpha value is -0.390. The molecule has 0 spiro atoms. The van der Waals surface area contributed by atoms with Crippen LogP contribution in [0.5, 0.6) is 0 Å². The second kappa shape index (κ2) is 3.55. The molecule has 0 N–H and O–H groups in total. The van der Waals surface area contributed by atoms with Crippen LogP contribution in [0.2, 0.25) is 0 Å². The minimum absolute atomic E-state index is 0.483. The zero-order valence-electron chi connectivity index (χ0n) is 8.69. The normalized spacial score (nSPS) is 23.3. The van der Waals surface area contributed by atoms with Gasteiger partial charge in [-0.2, -0.15) is 4.31 Å². The molecule has 1 fully saturated rings. The van der Waals surface area contributed by atoms with Gasteiger partial charge in [-0.25, -0.2) is 8.42 Å². The monoisotopic (exact) mass is 301 g/mol. The minimum Gasteiger partial charge on any atom is -0.207 e. The van der Waals surface area contributed by atoms with E-state index in [4.69, 9.17) is 0 Å². The van der Waals surface area contributed by atoms with Crippen molar-refractivity contribution in [2.24, 2.45) is 5.92 Å². The Morgan fingerprint density at radius 3 is 2.81 bits per heavy atom. The minimum atomic E-state index is -3.21. The third kappa shape index (κ3) is 1.71. The Bertz CT molecular complexity index is 537. The van der Waals surface area contributed by atoms with Gasteiger partial charge in [-0.1, -0.05) is 15.9 Å². The summed E-state index contributed by atoms with van der Waals surface area (Å²) in [6.07, 6.45) is 2.35. The van der Waals surface area contributed by atoms with Gasteiger partial charge in [-0.05, 0) is 42.5 Å². The summed E-state index contributed by atoms with van der Waals surface area (Å²) < 4.78 is 26.9. The Labute approximate surface area is 104 Å². The molecule has 1 aliphatic heterocycles. The van der Waals surface area contributed by atoms with Crippen LogP contribution < -0.4 is 0 Å². The Morgan fingerprint density at radius 1 is 1.38 bits per heavy atom. The second-order valence-electron chi connectivity index (χ2n) is 4.49. The first kappa shape index (κ1) is 10.7. The highest BCUT2D eigenvalue weighted by molar-refractivity contribution is 9.10. The van der Waals surface area contributed by atoms with E-state index in [9.17, 15) is 8.42 Å². The lowest BCUT2D eigenvalue weighted by Crippen LogP contribution is -2.26. The summed E-state index contributed by atoms with van der Waals surface area (Å²) in [7, 11) is -3.21. The molecule has 86 valence electrons. The van der Waals surface area contributed by atoms with Gasteiger partial charge in [0.15, 0.2) is 0 Å². The largest absolute Gasteiger partial charge is 0.243 e. The van der Waals surface area contributed by atoms with Crippen LogP contribution in [-0.2, 0) is 16.6 Å². The zero-order valence-corrected chi connectivity index (χ0v) is 11.1. The molecule has 0 saturated heterocycles. The van der Waals surface area contributed by atoms with Crippen molar-refractivity contribution >= 4 is 26.0 Å². The maximum atomic E-state index is 12.2. The molecule has 1 heterocycles. The Kier molecular flexibility index (Phi) is 2.38. The summed E-state index contributed by atoms with van der Waals surface area (Å²) in [5.41, 5.74) is 0.912. The zero-order chi connectivity index (χ0) is 11.3. The second-order valence-corrected chi connectivity index (χ2v) is 7.32. The predicted octanol–water partition coefficient (Wildman–Crippen LogP) is 2.36. The van der Waals surface area contributed by atoms with Gasteiger partial charge in [0.25, 0.3) is 0 Å². The fourth-order valence-electron chi connectivity index (χ4n) is 2.09. The van der Waals surface area contributed by atoms with Crippen LogP contribution in [0.3, 0.4) is 0 Å². The first-order valence-corrected chi connectivity index (χ1v) is 7.59. The maximum absolute atomic E-state index is 12.2. The van der Waals surface area contributed by atoms with Crippen LogP contribution >= 0.6 is 15.9 Å². The maximum Gasteiger partial charge on any atom is 0.243 e. The van der Waals surface area contributed by atoms with E-state index in [0.717, 1.165) is 10.0 Å². The number of hydrogen-bond donors (Lipinski definition) is 0. The van der Waals surface area contributed by atoms with Gasteiger partial charge >= 0.3 is 0 Å². The van der Waals surface area contributed by atoms with Gasteiger partial charge in [-0.15, -0.1) is 0 Å². The highest BCUT2D eigenvalue weighted by Gasteiger charge is 2.37. The smallest absolute Gasteiger partial charge is 0.207 e. The fourth-order valence-corrected chi connectivity index (χ4v) is 4.19. The molecule has 0 unspecified atom stereocenters. The average Bonchev–Trinajstić information content (AvgIpc) is 2.96. The molecular weight excluding hydrogens is 290 g/mol. The van der Waals surface area contributed by atoms with Gasteiger partial charge < -0.3 is 0 Å². The molecule has 3 rings (SSSR count). The van der Waals surface area contributed by atoms with Gasteiger partial charge in [0.05, 0.1) is 4.90 Å². The highest BCUT2D eigenvalue weighted by Crippen LogP contribution is 2.37. The lowest BCUT2D eigenvalue weighted by atomic mass is 10.2. The molecule has 0 aromatic heterocycles. The van der Waals surface area contributed by atoms with E-state index in [2.05, 4.69) is 15.9 Å². The van der Waals surface area contributed by atoms with Crippen LogP contribution in [0.4, 0.5) is 0 Å². The lowest BCUT2D eigenvalue weighted by Gasteiger charge is -2.13. The molecule has 5 heteroatoms. The molecule has 1 aromatic carbocycles. The summed E-state index contributed by atoms with van der Waals surface area (Å²) in [6.45, 7) is 1.22. The molecule has 1 saturated carbocycles. The van der Waals surface area contributed by atoms with Crippen molar-refractivity contribution in [3.63, 3.8) is 0 Å². The van der Waals surface area contributed by atoms with Crippen LogP contribution in [0.25, 0.3) is 0 Å². The quantitative estimate of drug-likeness (QED) is 0.841. The first-order chi connectivity index (χ1) is 7.57. The van der Waals surface area contributed by atoms with E-state index in [1.54, 1.807) is 16.4 Å². The van der Waals surface area contributed by atoms with E-state index < -0.39 is 10.0 Å². The summed E-state index contributed by atoms with van der Waals surface area (Å²) >= 11 is 3.37. The highest BCUT2D eigenvalue weighted by atomic mass is 79.9. The van der Waals surface area contributed by atoms with Crippen LogP contribution in [0.1, 0.15) is 18.4 Å². The predicted molar refractivity (Wildman–Crippen MR) is 64.5 cm³/mol.